The van der Waals surface area contributed by atoms with Crippen molar-refractivity contribution >= 4 is 33.0 Å². The highest BCUT2D eigenvalue weighted by Gasteiger charge is 2.21. The first-order valence-electron chi connectivity index (χ1n) is 5.75. The first-order chi connectivity index (χ1) is 9.83. The fraction of sp³-hybridized carbons (Fsp3) is 0.0769. The van der Waals surface area contributed by atoms with Gasteiger partial charge >= 0.3 is 0 Å². The van der Waals surface area contributed by atoms with Crippen molar-refractivity contribution in [2.75, 3.05) is 17.6 Å². The Bertz CT molecular complexity index is 781. The number of nitrogens with two attached hydrogens (primary N) is 1. The molecule has 0 aliphatic rings. The van der Waals surface area contributed by atoms with E-state index < -0.39 is 15.8 Å². The molecule has 2 aromatic rings. The van der Waals surface area contributed by atoms with Crippen molar-refractivity contribution < 1.29 is 17.5 Å². The molecule has 0 amide bonds. The second-order valence-corrected chi connectivity index (χ2v) is 6.23. The van der Waals surface area contributed by atoms with Gasteiger partial charge in [-0.25, -0.2) is 12.8 Å². The number of nitrogens with one attached hydrogen (secondary N) is 1. The number of hydrogen-bond donors (Lipinski definition) is 2. The summed E-state index contributed by atoms with van der Waals surface area (Å²) < 4.78 is 45.4. The van der Waals surface area contributed by atoms with E-state index >= 15 is 0 Å². The quantitative estimate of drug-likeness (QED) is 0.845. The third-order valence-corrected chi connectivity index (χ3v) is 4.29. The van der Waals surface area contributed by atoms with Gasteiger partial charge < -0.3 is 10.5 Å². The molecule has 0 saturated carbocycles. The lowest BCUT2D eigenvalue weighted by Gasteiger charge is -2.12. The number of halogens is 2. The lowest BCUT2D eigenvalue weighted by molar-refractivity contribution is 0.403. The number of anilines is 2. The molecule has 0 unspecified atom stereocenters. The summed E-state index contributed by atoms with van der Waals surface area (Å²) in [5.74, 6) is -0.681. The van der Waals surface area contributed by atoms with Crippen LogP contribution < -0.4 is 15.2 Å². The molecule has 0 fully saturated rings. The zero-order valence-electron chi connectivity index (χ0n) is 10.9. The van der Waals surface area contributed by atoms with E-state index in [4.69, 9.17) is 22.1 Å². The van der Waals surface area contributed by atoms with Crippen LogP contribution in [0.5, 0.6) is 5.75 Å². The molecule has 0 aliphatic carbocycles. The van der Waals surface area contributed by atoms with Gasteiger partial charge in [0.2, 0.25) is 0 Å². The fourth-order valence-corrected chi connectivity index (χ4v) is 3.06. The van der Waals surface area contributed by atoms with E-state index in [1.807, 2.05) is 0 Å². The summed E-state index contributed by atoms with van der Waals surface area (Å²) in [6, 6.07) is 7.62. The molecule has 0 heterocycles. The van der Waals surface area contributed by atoms with Crippen LogP contribution in [0.25, 0.3) is 0 Å². The van der Waals surface area contributed by atoms with E-state index in [1.54, 1.807) is 0 Å². The van der Waals surface area contributed by atoms with Gasteiger partial charge in [0.25, 0.3) is 10.0 Å². The Morgan fingerprint density at radius 1 is 1.24 bits per heavy atom. The van der Waals surface area contributed by atoms with Crippen molar-refractivity contribution in [2.24, 2.45) is 0 Å². The summed E-state index contributed by atoms with van der Waals surface area (Å²) in [4.78, 5) is -0.156. The van der Waals surface area contributed by atoms with Crippen LogP contribution in [0.2, 0.25) is 5.02 Å². The normalized spacial score (nSPS) is 11.2. The Balaban J connectivity index is 2.46. The zero-order valence-corrected chi connectivity index (χ0v) is 12.5. The molecule has 8 heteroatoms. The molecule has 2 rings (SSSR count). The maximum atomic E-state index is 13.6. The van der Waals surface area contributed by atoms with E-state index in [0.29, 0.717) is 5.02 Å². The molecule has 0 aliphatic heterocycles. The SMILES string of the molecule is COc1cc(Cl)ccc1S(=O)(=O)Nc1cc(N)ccc1F. The van der Waals surface area contributed by atoms with Crippen LogP contribution in [0.1, 0.15) is 0 Å². The fourth-order valence-electron chi connectivity index (χ4n) is 1.68. The Kier molecular flexibility index (Phi) is 4.24. The predicted octanol–water partition coefficient (Wildman–Crippen LogP) is 2.87. The van der Waals surface area contributed by atoms with Gasteiger partial charge in [-0.2, -0.15) is 0 Å². The van der Waals surface area contributed by atoms with Crippen LogP contribution in [0, 0.1) is 5.82 Å². The average molecular weight is 331 g/mol. The Labute approximate surface area is 126 Å². The van der Waals surface area contributed by atoms with Crippen LogP contribution in [0.4, 0.5) is 15.8 Å². The lowest BCUT2D eigenvalue weighted by atomic mass is 10.3. The summed E-state index contributed by atoms with van der Waals surface area (Å²) >= 11 is 5.78. The second kappa shape index (κ2) is 5.79. The van der Waals surface area contributed by atoms with Gasteiger partial charge in [0, 0.05) is 16.8 Å². The van der Waals surface area contributed by atoms with Gasteiger partial charge in [-0.05, 0) is 30.3 Å². The molecule has 0 bridgehead atoms. The van der Waals surface area contributed by atoms with Crippen LogP contribution in [-0.2, 0) is 10.0 Å². The highest BCUT2D eigenvalue weighted by molar-refractivity contribution is 7.92. The van der Waals surface area contributed by atoms with Crippen LogP contribution in [-0.4, -0.2) is 15.5 Å². The third-order valence-electron chi connectivity index (χ3n) is 2.65. The molecule has 2 aromatic carbocycles. The smallest absolute Gasteiger partial charge is 0.265 e. The van der Waals surface area contributed by atoms with E-state index in [-0.39, 0.29) is 22.0 Å². The van der Waals surface area contributed by atoms with Gasteiger partial charge in [0.1, 0.15) is 16.5 Å². The van der Waals surface area contributed by atoms with Crippen molar-refractivity contribution in [3.8, 4) is 5.75 Å². The number of hydrogen-bond acceptors (Lipinski definition) is 4. The van der Waals surface area contributed by atoms with E-state index in [0.717, 1.165) is 6.07 Å². The topological polar surface area (TPSA) is 81.4 Å². The maximum absolute atomic E-state index is 13.6. The summed E-state index contributed by atoms with van der Waals surface area (Å²) in [5, 5.41) is 0.320. The highest BCUT2D eigenvalue weighted by Crippen LogP contribution is 2.29. The largest absolute Gasteiger partial charge is 0.495 e. The van der Waals surface area contributed by atoms with E-state index in [1.165, 1.54) is 37.4 Å². The molecule has 0 saturated heterocycles. The first-order valence-corrected chi connectivity index (χ1v) is 7.61. The molecule has 112 valence electrons. The molecule has 0 atom stereocenters. The van der Waals surface area contributed by atoms with Crippen LogP contribution in [0.15, 0.2) is 41.3 Å². The molecule has 0 aromatic heterocycles. The van der Waals surface area contributed by atoms with Gasteiger partial charge in [-0.1, -0.05) is 11.6 Å². The van der Waals surface area contributed by atoms with Crippen LogP contribution >= 0.6 is 11.6 Å². The summed E-state index contributed by atoms with van der Waals surface area (Å²) in [5.41, 5.74) is 5.51. The predicted molar refractivity (Wildman–Crippen MR) is 79.6 cm³/mol. The second-order valence-electron chi connectivity index (χ2n) is 4.14. The molecule has 0 spiro atoms. The molecule has 5 nitrogen and oxygen atoms in total. The van der Waals surface area contributed by atoms with Crippen molar-refractivity contribution in [3.63, 3.8) is 0 Å². The van der Waals surface area contributed by atoms with Gasteiger partial charge in [-0.3, -0.25) is 4.72 Å². The Morgan fingerprint density at radius 2 is 1.95 bits per heavy atom. The minimum Gasteiger partial charge on any atom is -0.495 e. The number of ether oxygens (including phenoxy) is 1. The molecule has 3 N–H and O–H groups in total. The van der Waals surface area contributed by atoms with Crippen molar-refractivity contribution in [2.45, 2.75) is 4.90 Å². The molecule has 0 radical (unpaired) electrons. The Hall–Kier alpha value is -1.99. The highest BCUT2D eigenvalue weighted by atomic mass is 35.5. The maximum Gasteiger partial charge on any atom is 0.265 e. The van der Waals surface area contributed by atoms with Crippen LogP contribution in [0.3, 0.4) is 0 Å². The van der Waals surface area contributed by atoms with Gasteiger partial charge in [-0.15, -0.1) is 0 Å². The standard InChI is InChI=1S/C13H12ClFN2O3S/c1-20-12-6-8(14)2-5-13(12)21(18,19)17-11-7-9(16)3-4-10(11)15/h2-7,17H,16H2,1H3. The minimum absolute atomic E-state index is 0.0549. The van der Waals surface area contributed by atoms with E-state index in [2.05, 4.69) is 4.72 Å². The Morgan fingerprint density at radius 3 is 2.62 bits per heavy atom. The average Bonchev–Trinajstić information content (AvgIpc) is 2.42. The first kappa shape index (κ1) is 15.4. The van der Waals surface area contributed by atoms with Gasteiger partial charge in [0.05, 0.1) is 12.8 Å². The van der Waals surface area contributed by atoms with Crippen molar-refractivity contribution in [1.29, 1.82) is 0 Å². The summed E-state index contributed by atoms with van der Waals surface area (Å²) in [6.07, 6.45) is 0. The van der Waals surface area contributed by atoms with Crippen molar-refractivity contribution in [1.82, 2.24) is 0 Å². The number of rotatable bonds is 4. The number of methoxy groups -OCH3 is 1. The number of benzene rings is 2. The summed E-state index contributed by atoms with van der Waals surface area (Å²) in [6.45, 7) is 0. The monoisotopic (exact) mass is 330 g/mol. The van der Waals surface area contributed by atoms with Gasteiger partial charge in [0.15, 0.2) is 0 Å². The van der Waals surface area contributed by atoms with Crippen molar-refractivity contribution in [3.05, 3.63) is 47.2 Å². The number of nitrogen functional groups attached to an aromatic ring is 1. The lowest BCUT2D eigenvalue weighted by Crippen LogP contribution is -2.15. The number of sulfonamides is 1. The van der Waals surface area contributed by atoms with E-state index in [9.17, 15) is 12.8 Å². The minimum atomic E-state index is -4.04. The molecular weight excluding hydrogens is 319 g/mol. The summed E-state index contributed by atoms with van der Waals surface area (Å²) in [7, 11) is -2.73. The molecular formula is C13H12ClFN2O3S. The molecule has 21 heavy (non-hydrogen) atoms. The third kappa shape index (κ3) is 3.37. The zero-order chi connectivity index (χ0) is 15.6.